The Hall–Kier alpha value is 0.0400. The maximum atomic E-state index is 12.8. The Balaban J connectivity index is 2.93. The topological polar surface area (TPSA) is 12.9 Å². The van der Waals surface area contributed by atoms with E-state index in [9.17, 15) is 4.39 Å². The first-order chi connectivity index (χ1) is 5.24. The Morgan fingerprint density at radius 2 is 2.27 bits per heavy atom. The van der Waals surface area contributed by atoms with Crippen LogP contribution in [0.4, 0.5) is 4.39 Å². The first kappa shape index (κ1) is 9.13. The van der Waals surface area contributed by atoms with Crippen molar-refractivity contribution in [1.82, 2.24) is 4.98 Å². The van der Waals surface area contributed by atoms with E-state index in [0.29, 0.717) is 12.0 Å². The van der Waals surface area contributed by atoms with E-state index in [2.05, 4.69) is 36.8 Å². The second-order valence-corrected chi connectivity index (χ2v) is 3.75. The van der Waals surface area contributed by atoms with Gasteiger partial charge >= 0.3 is 0 Å². The first-order valence-corrected chi connectivity index (χ1v) is 5.01. The number of hydrogen-bond donors (Lipinski definition) is 0. The molecule has 60 valence electrons. The monoisotopic (exact) mass is 281 g/mol. The molecule has 0 spiro atoms. The molecule has 11 heavy (non-hydrogen) atoms. The van der Waals surface area contributed by atoms with Gasteiger partial charge in [-0.1, -0.05) is 15.9 Å². The first-order valence-electron chi connectivity index (χ1n) is 3.10. The van der Waals surface area contributed by atoms with Crippen LogP contribution in [-0.2, 0) is 6.42 Å². The van der Waals surface area contributed by atoms with E-state index >= 15 is 0 Å². The van der Waals surface area contributed by atoms with Gasteiger partial charge in [-0.3, -0.25) is 0 Å². The number of rotatable bonds is 2. The highest BCUT2D eigenvalue weighted by Gasteiger charge is 2.02. The van der Waals surface area contributed by atoms with Crippen LogP contribution in [0, 0.1) is 5.95 Å². The highest BCUT2D eigenvalue weighted by Crippen LogP contribution is 2.13. The van der Waals surface area contributed by atoms with Gasteiger partial charge in [-0.15, -0.1) is 0 Å². The van der Waals surface area contributed by atoms with Crippen LogP contribution >= 0.6 is 31.9 Å². The summed E-state index contributed by atoms with van der Waals surface area (Å²) in [5.41, 5.74) is 0.635. The number of aryl methyl sites for hydroxylation is 1. The van der Waals surface area contributed by atoms with Gasteiger partial charge in [0.2, 0.25) is 5.95 Å². The predicted molar refractivity (Wildman–Crippen MR) is 49.4 cm³/mol. The van der Waals surface area contributed by atoms with Crippen molar-refractivity contribution < 1.29 is 4.39 Å². The fraction of sp³-hybridized carbons (Fsp3) is 0.286. The third kappa shape index (κ3) is 2.52. The minimum absolute atomic E-state index is 0.382. The number of hydrogen-bond acceptors (Lipinski definition) is 1. The molecule has 0 N–H and O–H groups in total. The SMILES string of the molecule is Fc1ncc(Br)cc1CCBr. The Labute approximate surface area is 81.3 Å². The zero-order valence-corrected chi connectivity index (χ0v) is 8.82. The van der Waals surface area contributed by atoms with Crippen molar-refractivity contribution in [3.8, 4) is 0 Å². The molecule has 1 aromatic rings. The van der Waals surface area contributed by atoms with Crippen LogP contribution in [0.3, 0.4) is 0 Å². The van der Waals surface area contributed by atoms with Crippen LogP contribution in [0.15, 0.2) is 16.7 Å². The Kier molecular flexibility index (Phi) is 3.45. The summed E-state index contributed by atoms with van der Waals surface area (Å²) in [5, 5.41) is 0.752. The molecule has 0 unspecified atom stereocenters. The second kappa shape index (κ2) is 4.16. The number of pyridine rings is 1. The fourth-order valence-electron chi connectivity index (χ4n) is 0.742. The van der Waals surface area contributed by atoms with Crippen LogP contribution < -0.4 is 0 Å². The summed E-state index contributed by atoms with van der Waals surface area (Å²) >= 11 is 6.46. The predicted octanol–water partition coefficient (Wildman–Crippen LogP) is 2.92. The van der Waals surface area contributed by atoms with Gasteiger partial charge < -0.3 is 0 Å². The van der Waals surface area contributed by atoms with Gasteiger partial charge in [0.1, 0.15) is 0 Å². The zero-order chi connectivity index (χ0) is 8.27. The molecule has 0 amide bonds. The summed E-state index contributed by atoms with van der Waals surface area (Å²) in [6.45, 7) is 0. The molecule has 1 nitrogen and oxygen atoms in total. The number of aromatic nitrogens is 1. The van der Waals surface area contributed by atoms with Crippen molar-refractivity contribution in [3.63, 3.8) is 0 Å². The van der Waals surface area contributed by atoms with Crippen molar-refractivity contribution in [1.29, 1.82) is 0 Å². The molecule has 0 aliphatic heterocycles. The molecule has 0 fully saturated rings. The molecule has 0 saturated heterocycles. The van der Waals surface area contributed by atoms with E-state index in [4.69, 9.17) is 0 Å². The molecule has 0 aliphatic rings. The van der Waals surface area contributed by atoms with Gasteiger partial charge in [0.05, 0.1) is 0 Å². The lowest BCUT2D eigenvalue weighted by atomic mass is 10.2. The number of nitrogens with zero attached hydrogens (tertiary/aromatic N) is 1. The lowest BCUT2D eigenvalue weighted by Crippen LogP contribution is -1.94. The van der Waals surface area contributed by atoms with E-state index in [1.54, 1.807) is 6.07 Å². The van der Waals surface area contributed by atoms with Crippen molar-refractivity contribution in [2.45, 2.75) is 6.42 Å². The summed E-state index contributed by atoms with van der Waals surface area (Å²) in [7, 11) is 0. The molecule has 0 atom stereocenters. The molecule has 0 aliphatic carbocycles. The highest BCUT2D eigenvalue weighted by molar-refractivity contribution is 9.10. The molecule has 0 radical (unpaired) electrons. The van der Waals surface area contributed by atoms with Crippen LogP contribution in [0.5, 0.6) is 0 Å². The Bertz CT molecular complexity index is 252. The largest absolute Gasteiger partial charge is 0.227 e. The third-order valence-corrected chi connectivity index (χ3v) is 2.07. The lowest BCUT2D eigenvalue weighted by molar-refractivity contribution is 0.568. The summed E-state index contributed by atoms with van der Waals surface area (Å²) in [6.07, 6.45) is 2.12. The van der Waals surface area contributed by atoms with Crippen molar-refractivity contribution in [3.05, 3.63) is 28.2 Å². The van der Waals surface area contributed by atoms with Crippen LogP contribution in [-0.4, -0.2) is 10.3 Å². The minimum atomic E-state index is -0.382. The van der Waals surface area contributed by atoms with E-state index in [1.807, 2.05) is 0 Å². The van der Waals surface area contributed by atoms with E-state index in [-0.39, 0.29) is 5.95 Å². The van der Waals surface area contributed by atoms with Gasteiger partial charge in [0.15, 0.2) is 0 Å². The molecule has 1 rings (SSSR count). The van der Waals surface area contributed by atoms with E-state index in [1.165, 1.54) is 6.20 Å². The number of alkyl halides is 1. The van der Waals surface area contributed by atoms with Crippen molar-refractivity contribution >= 4 is 31.9 Å². The van der Waals surface area contributed by atoms with Gasteiger partial charge in [0, 0.05) is 21.6 Å². The summed E-state index contributed by atoms with van der Waals surface area (Å²) < 4.78 is 13.6. The second-order valence-electron chi connectivity index (χ2n) is 2.04. The summed E-state index contributed by atoms with van der Waals surface area (Å²) in [6, 6.07) is 1.74. The maximum absolute atomic E-state index is 12.8. The minimum Gasteiger partial charge on any atom is -0.227 e. The maximum Gasteiger partial charge on any atom is 0.216 e. The molecule has 0 bridgehead atoms. The highest BCUT2D eigenvalue weighted by atomic mass is 79.9. The Morgan fingerprint density at radius 3 is 2.91 bits per heavy atom. The quantitative estimate of drug-likeness (QED) is 0.600. The Morgan fingerprint density at radius 1 is 1.55 bits per heavy atom. The van der Waals surface area contributed by atoms with E-state index < -0.39 is 0 Å². The smallest absolute Gasteiger partial charge is 0.216 e. The van der Waals surface area contributed by atoms with Crippen LogP contribution in [0.2, 0.25) is 0 Å². The average molecular weight is 283 g/mol. The van der Waals surface area contributed by atoms with Crippen molar-refractivity contribution in [2.75, 3.05) is 5.33 Å². The van der Waals surface area contributed by atoms with Gasteiger partial charge in [-0.25, -0.2) is 4.98 Å². The van der Waals surface area contributed by atoms with Gasteiger partial charge in [-0.2, -0.15) is 4.39 Å². The van der Waals surface area contributed by atoms with Crippen LogP contribution in [0.25, 0.3) is 0 Å². The molecule has 1 aromatic heterocycles. The third-order valence-electron chi connectivity index (χ3n) is 1.24. The van der Waals surface area contributed by atoms with Gasteiger partial charge in [-0.05, 0) is 28.4 Å². The normalized spacial score (nSPS) is 10.1. The molecular weight excluding hydrogens is 277 g/mol. The molecule has 1 heterocycles. The zero-order valence-electron chi connectivity index (χ0n) is 5.65. The summed E-state index contributed by atoms with van der Waals surface area (Å²) in [5.74, 6) is -0.382. The molecular formula is C7H6Br2FN. The molecule has 4 heteroatoms. The molecule has 0 aromatic carbocycles. The summed E-state index contributed by atoms with van der Waals surface area (Å²) in [4.78, 5) is 3.56. The molecule has 0 saturated carbocycles. The van der Waals surface area contributed by atoms with E-state index in [0.717, 1.165) is 9.80 Å². The van der Waals surface area contributed by atoms with Gasteiger partial charge in [0.25, 0.3) is 0 Å². The average Bonchev–Trinajstić information content (AvgIpc) is 1.98. The fourth-order valence-corrected chi connectivity index (χ4v) is 1.55. The number of halogens is 3. The standard InChI is InChI=1S/C7H6Br2FN/c8-2-1-5-3-6(9)4-11-7(5)10/h3-4H,1-2H2. The van der Waals surface area contributed by atoms with Crippen LogP contribution in [0.1, 0.15) is 5.56 Å². The lowest BCUT2D eigenvalue weighted by Gasteiger charge is -1.98. The van der Waals surface area contributed by atoms with Crippen molar-refractivity contribution in [2.24, 2.45) is 0 Å².